The molecule has 0 aromatic carbocycles. The van der Waals surface area contributed by atoms with Gasteiger partial charge in [-0.15, -0.1) is 0 Å². The number of nitrogens with two attached hydrogens (primary N) is 1. The van der Waals surface area contributed by atoms with Crippen LogP contribution in [0.25, 0.3) is 0 Å². The van der Waals surface area contributed by atoms with Gasteiger partial charge in [0.1, 0.15) is 0 Å². The van der Waals surface area contributed by atoms with Crippen LogP contribution < -0.4 is 5.73 Å². The van der Waals surface area contributed by atoms with Crippen molar-refractivity contribution in [2.24, 2.45) is 11.1 Å². The minimum Gasteiger partial charge on any atom is -0.395 e. The lowest BCUT2D eigenvalue weighted by molar-refractivity contribution is -0.138. The number of aliphatic hydroxyl groups excluding tert-OH is 1. The number of amides is 1. The summed E-state index contributed by atoms with van der Waals surface area (Å²) in [5.74, 6) is -0.103. The molecular weight excluding hydrogens is 212 g/mol. The summed E-state index contributed by atoms with van der Waals surface area (Å²) in [4.78, 5) is 13.9. The van der Waals surface area contributed by atoms with Crippen LogP contribution >= 0.6 is 12.2 Å². The first kappa shape index (κ1) is 14.3. The Hall–Kier alpha value is -0.680. The van der Waals surface area contributed by atoms with Gasteiger partial charge in [-0.3, -0.25) is 4.79 Å². The fourth-order valence-corrected chi connectivity index (χ4v) is 1.54. The number of carbonyl (C=O) groups excluding carboxylic acids is 1. The maximum Gasteiger partial charge on any atom is 0.235 e. The van der Waals surface area contributed by atoms with Crippen LogP contribution in [-0.2, 0) is 4.79 Å². The lowest BCUT2D eigenvalue weighted by atomic mass is 9.86. The smallest absolute Gasteiger partial charge is 0.235 e. The monoisotopic (exact) mass is 232 g/mol. The van der Waals surface area contributed by atoms with Crippen molar-refractivity contribution in [3.8, 4) is 0 Å². The highest BCUT2D eigenvalue weighted by Gasteiger charge is 2.37. The molecule has 0 bridgehead atoms. The summed E-state index contributed by atoms with van der Waals surface area (Å²) in [6, 6.07) is 0. The highest BCUT2D eigenvalue weighted by molar-refractivity contribution is 7.80. The zero-order chi connectivity index (χ0) is 12.1. The SMILES string of the molecule is CCN(CCO)C(=O)C(C)(CC)C(N)=S. The van der Waals surface area contributed by atoms with E-state index in [1.165, 1.54) is 0 Å². The molecular formula is C10H20N2O2S. The number of hydrogen-bond donors (Lipinski definition) is 2. The lowest BCUT2D eigenvalue weighted by Gasteiger charge is -2.32. The molecule has 0 saturated carbocycles. The second-order valence-electron chi connectivity index (χ2n) is 3.66. The molecule has 1 amide bonds. The summed E-state index contributed by atoms with van der Waals surface area (Å²) in [5, 5.41) is 8.84. The maximum atomic E-state index is 12.1. The minimum absolute atomic E-state index is 0.0449. The van der Waals surface area contributed by atoms with Gasteiger partial charge in [0.15, 0.2) is 0 Å². The van der Waals surface area contributed by atoms with Gasteiger partial charge < -0.3 is 15.7 Å². The van der Waals surface area contributed by atoms with Crippen molar-refractivity contribution in [1.29, 1.82) is 0 Å². The molecule has 3 N–H and O–H groups in total. The molecule has 0 heterocycles. The average molecular weight is 232 g/mol. The van der Waals surface area contributed by atoms with Crippen LogP contribution in [0.15, 0.2) is 0 Å². The fraction of sp³-hybridized carbons (Fsp3) is 0.800. The first-order chi connectivity index (χ1) is 6.93. The third kappa shape index (κ3) is 3.14. The Morgan fingerprint density at radius 1 is 1.53 bits per heavy atom. The molecule has 0 fully saturated rings. The van der Waals surface area contributed by atoms with E-state index in [-0.39, 0.29) is 17.5 Å². The van der Waals surface area contributed by atoms with E-state index in [2.05, 4.69) is 0 Å². The van der Waals surface area contributed by atoms with Crippen molar-refractivity contribution < 1.29 is 9.90 Å². The quantitative estimate of drug-likeness (QED) is 0.656. The predicted octanol–water partition coefficient (Wildman–Crippen LogP) is 0.530. The molecule has 0 rings (SSSR count). The zero-order valence-electron chi connectivity index (χ0n) is 9.62. The highest BCUT2D eigenvalue weighted by Crippen LogP contribution is 2.24. The van der Waals surface area contributed by atoms with Crippen molar-refractivity contribution in [3.63, 3.8) is 0 Å². The maximum absolute atomic E-state index is 12.1. The molecule has 1 atom stereocenters. The first-order valence-electron chi connectivity index (χ1n) is 5.14. The van der Waals surface area contributed by atoms with Gasteiger partial charge in [-0.05, 0) is 20.3 Å². The number of hydrogen-bond acceptors (Lipinski definition) is 3. The van der Waals surface area contributed by atoms with Crippen molar-refractivity contribution >= 4 is 23.1 Å². The van der Waals surface area contributed by atoms with E-state index >= 15 is 0 Å². The van der Waals surface area contributed by atoms with E-state index in [9.17, 15) is 4.79 Å². The first-order valence-corrected chi connectivity index (χ1v) is 5.55. The summed E-state index contributed by atoms with van der Waals surface area (Å²) in [6.45, 7) is 6.33. The number of rotatable bonds is 6. The van der Waals surface area contributed by atoms with E-state index in [1.54, 1.807) is 11.8 Å². The Morgan fingerprint density at radius 3 is 2.33 bits per heavy atom. The number of nitrogens with zero attached hydrogens (tertiary/aromatic N) is 1. The van der Waals surface area contributed by atoms with Gasteiger partial charge in [0.25, 0.3) is 0 Å². The van der Waals surface area contributed by atoms with Gasteiger partial charge in [0, 0.05) is 13.1 Å². The Kier molecular flexibility index (Phi) is 5.75. The van der Waals surface area contributed by atoms with Crippen molar-refractivity contribution in [3.05, 3.63) is 0 Å². The van der Waals surface area contributed by atoms with E-state index in [0.29, 0.717) is 19.5 Å². The van der Waals surface area contributed by atoms with Crippen molar-refractivity contribution in [2.75, 3.05) is 19.7 Å². The molecule has 4 nitrogen and oxygen atoms in total. The fourth-order valence-electron chi connectivity index (χ4n) is 1.30. The lowest BCUT2D eigenvalue weighted by Crippen LogP contribution is -2.49. The summed E-state index contributed by atoms with van der Waals surface area (Å²) in [5.41, 5.74) is 4.80. The largest absolute Gasteiger partial charge is 0.395 e. The Bertz CT molecular complexity index is 246. The molecule has 15 heavy (non-hydrogen) atoms. The molecule has 0 aliphatic rings. The van der Waals surface area contributed by atoms with E-state index in [4.69, 9.17) is 23.1 Å². The number of likely N-dealkylation sites (N-methyl/N-ethyl adjacent to an activating group) is 1. The third-order valence-electron chi connectivity index (χ3n) is 2.76. The van der Waals surface area contributed by atoms with E-state index in [0.717, 1.165) is 0 Å². The van der Waals surface area contributed by atoms with Gasteiger partial charge in [-0.25, -0.2) is 0 Å². The topological polar surface area (TPSA) is 66.6 Å². The van der Waals surface area contributed by atoms with Crippen LogP contribution in [0.1, 0.15) is 27.2 Å². The molecule has 88 valence electrons. The number of carbonyl (C=O) groups is 1. The molecule has 0 spiro atoms. The van der Waals surface area contributed by atoms with Crippen LogP contribution in [0.3, 0.4) is 0 Å². The van der Waals surface area contributed by atoms with Gasteiger partial charge in [-0.1, -0.05) is 19.1 Å². The van der Waals surface area contributed by atoms with Crippen LogP contribution in [0.2, 0.25) is 0 Å². The zero-order valence-corrected chi connectivity index (χ0v) is 10.4. The highest BCUT2D eigenvalue weighted by atomic mass is 32.1. The number of thiocarbonyl (C=S) groups is 1. The van der Waals surface area contributed by atoms with Crippen molar-refractivity contribution in [1.82, 2.24) is 4.90 Å². The Balaban J connectivity index is 4.84. The average Bonchev–Trinajstić information content (AvgIpc) is 2.23. The van der Waals surface area contributed by atoms with Gasteiger partial charge in [-0.2, -0.15) is 0 Å². The summed E-state index contributed by atoms with van der Waals surface area (Å²) >= 11 is 4.92. The van der Waals surface area contributed by atoms with Crippen LogP contribution in [0.4, 0.5) is 0 Å². The van der Waals surface area contributed by atoms with Crippen LogP contribution in [0.5, 0.6) is 0 Å². The number of aliphatic hydroxyl groups is 1. The van der Waals surface area contributed by atoms with Gasteiger partial charge in [0.05, 0.1) is 17.0 Å². The second-order valence-corrected chi connectivity index (χ2v) is 4.10. The normalized spacial score (nSPS) is 14.4. The standard InChI is InChI=1S/C10H20N2O2S/c1-4-10(3,8(11)15)9(14)12(5-2)6-7-13/h13H,4-7H2,1-3H3,(H2,11,15). The van der Waals surface area contributed by atoms with Crippen LogP contribution in [-0.4, -0.2) is 40.6 Å². The summed E-state index contributed by atoms with van der Waals surface area (Å²) in [6.07, 6.45) is 0.573. The predicted molar refractivity (Wildman–Crippen MR) is 64.5 cm³/mol. The van der Waals surface area contributed by atoms with Crippen LogP contribution in [0, 0.1) is 5.41 Å². The molecule has 1 unspecified atom stereocenters. The van der Waals surface area contributed by atoms with Gasteiger partial charge in [0.2, 0.25) is 5.91 Å². The molecule has 0 saturated heterocycles. The molecule has 0 aromatic heterocycles. The molecule has 0 aliphatic carbocycles. The van der Waals surface area contributed by atoms with Crippen molar-refractivity contribution in [2.45, 2.75) is 27.2 Å². The Labute approximate surface area is 96.4 Å². The molecule has 5 heteroatoms. The van der Waals surface area contributed by atoms with E-state index in [1.807, 2.05) is 13.8 Å². The van der Waals surface area contributed by atoms with E-state index < -0.39 is 5.41 Å². The molecule has 0 radical (unpaired) electrons. The third-order valence-corrected chi connectivity index (χ3v) is 3.21. The summed E-state index contributed by atoms with van der Waals surface area (Å²) < 4.78 is 0. The van der Waals surface area contributed by atoms with Gasteiger partial charge >= 0.3 is 0 Å². The molecule has 0 aliphatic heterocycles. The second kappa shape index (κ2) is 6.02. The Morgan fingerprint density at radius 2 is 2.07 bits per heavy atom. The minimum atomic E-state index is -0.791. The molecule has 0 aromatic rings. The summed E-state index contributed by atoms with van der Waals surface area (Å²) in [7, 11) is 0.